The molecule has 1 aromatic heterocycles. The van der Waals surface area contributed by atoms with Crippen molar-refractivity contribution in [1.82, 2.24) is 5.32 Å². The predicted octanol–water partition coefficient (Wildman–Crippen LogP) is 2.82. The van der Waals surface area contributed by atoms with Crippen molar-refractivity contribution in [3.63, 3.8) is 0 Å². The van der Waals surface area contributed by atoms with E-state index >= 15 is 0 Å². The first-order valence-electron chi connectivity index (χ1n) is 6.81. The molecular weight excluding hydrogens is 226 g/mol. The summed E-state index contributed by atoms with van der Waals surface area (Å²) in [7, 11) is 0. The standard InChI is InChI=1S/C15H23NO2/c1-15(17,13-6-2-3-7-13)12-16-10-4-8-14-9-5-11-18-14/h4-5,8-9,11,13,16-17H,2-3,6-7,10,12H2,1H3/b8-4+. The highest BCUT2D eigenvalue weighted by molar-refractivity contribution is 5.42. The maximum Gasteiger partial charge on any atom is 0.126 e. The number of hydrogen-bond donors (Lipinski definition) is 2. The summed E-state index contributed by atoms with van der Waals surface area (Å²) in [5.74, 6) is 1.32. The van der Waals surface area contributed by atoms with Gasteiger partial charge in [-0.1, -0.05) is 18.9 Å². The Morgan fingerprint density at radius 2 is 2.28 bits per heavy atom. The van der Waals surface area contributed by atoms with Crippen LogP contribution in [0.2, 0.25) is 0 Å². The smallest absolute Gasteiger partial charge is 0.126 e. The summed E-state index contributed by atoms with van der Waals surface area (Å²) < 4.78 is 5.20. The van der Waals surface area contributed by atoms with E-state index in [4.69, 9.17) is 4.42 Å². The van der Waals surface area contributed by atoms with Crippen LogP contribution >= 0.6 is 0 Å². The molecular formula is C15H23NO2. The largest absolute Gasteiger partial charge is 0.465 e. The molecule has 3 heteroatoms. The lowest BCUT2D eigenvalue weighted by atomic mass is 9.88. The van der Waals surface area contributed by atoms with Crippen molar-refractivity contribution in [2.45, 2.75) is 38.2 Å². The van der Waals surface area contributed by atoms with Gasteiger partial charge in [-0.05, 0) is 43.9 Å². The van der Waals surface area contributed by atoms with Crippen LogP contribution in [0.5, 0.6) is 0 Å². The molecule has 0 radical (unpaired) electrons. The topological polar surface area (TPSA) is 45.4 Å². The Labute approximate surface area is 109 Å². The molecule has 1 aliphatic carbocycles. The van der Waals surface area contributed by atoms with Gasteiger partial charge in [0, 0.05) is 13.1 Å². The Hall–Kier alpha value is -1.06. The van der Waals surface area contributed by atoms with Gasteiger partial charge in [-0.15, -0.1) is 0 Å². The van der Waals surface area contributed by atoms with Gasteiger partial charge in [0.2, 0.25) is 0 Å². The third-order valence-electron chi connectivity index (χ3n) is 3.81. The number of hydrogen-bond acceptors (Lipinski definition) is 3. The van der Waals surface area contributed by atoms with E-state index in [1.807, 2.05) is 31.2 Å². The van der Waals surface area contributed by atoms with Crippen LogP contribution < -0.4 is 5.32 Å². The van der Waals surface area contributed by atoms with Crippen LogP contribution in [0.25, 0.3) is 6.08 Å². The molecule has 0 aliphatic heterocycles. The second kappa shape index (κ2) is 6.21. The van der Waals surface area contributed by atoms with Gasteiger partial charge in [-0.25, -0.2) is 0 Å². The molecule has 1 heterocycles. The number of nitrogens with one attached hydrogen (secondary N) is 1. The van der Waals surface area contributed by atoms with E-state index in [2.05, 4.69) is 5.32 Å². The van der Waals surface area contributed by atoms with Crippen molar-refractivity contribution >= 4 is 6.08 Å². The molecule has 1 unspecified atom stereocenters. The fourth-order valence-corrected chi connectivity index (χ4v) is 2.66. The summed E-state index contributed by atoms with van der Waals surface area (Å²) in [6.07, 6.45) is 10.5. The molecule has 3 nitrogen and oxygen atoms in total. The number of furan rings is 1. The summed E-state index contributed by atoms with van der Waals surface area (Å²) >= 11 is 0. The van der Waals surface area contributed by atoms with Crippen molar-refractivity contribution in [3.8, 4) is 0 Å². The lowest BCUT2D eigenvalue weighted by Gasteiger charge is -2.30. The highest BCUT2D eigenvalue weighted by Crippen LogP contribution is 2.33. The average Bonchev–Trinajstić information content (AvgIpc) is 3.02. The maximum atomic E-state index is 10.4. The molecule has 0 spiro atoms. The van der Waals surface area contributed by atoms with Gasteiger partial charge in [0.15, 0.2) is 0 Å². The Bertz CT molecular complexity index is 362. The summed E-state index contributed by atoms with van der Waals surface area (Å²) in [5.41, 5.74) is -0.574. The van der Waals surface area contributed by atoms with E-state index in [1.54, 1.807) is 6.26 Å². The predicted molar refractivity (Wildman–Crippen MR) is 73.2 cm³/mol. The minimum absolute atomic E-state index is 0.457. The monoisotopic (exact) mass is 249 g/mol. The zero-order valence-electron chi connectivity index (χ0n) is 11.1. The molecule has 1 aliphatic rings. The molecule has 100 valence electrons. The van der Waals surface area contributed by atoms with Crippen molar-refractivity contribution in [2.24, 2.45) is 5.92 Å². The fraction of sp³-hybridized carbons (Fsp3) is 0.600. The van der Waals surface area contributed by atoms with Gasteiger partial charge in [-0.3, -0.25) is 0 Å². The maximum absolute atomic E-state index is 10.4. The van der Waals surface area contributed by atoms with Crippen LogP contribution in [0.4, 0.5) is 0 Å². The highest BCUT2D eigenvalue weighted by atomic mass is 16.3. The van der Waals surface area contributed by atoms with Crippen LogP contribution in [0.1, 0.15) is 38.4 Å². The lowest BCUT2D eigenvalue weighted by Crippen LogP contribution is -2.43. The molecule has 2 N–H and O–H groups in total. The Balaban J connectivity index is 1.68. The molecule has 0 bridgehead atoms. The molecule has 1 atom stereocenters. The van der Waals surface area contributed by atoms with Crippen molar-refractivity contribution in [2.75, 3.05) is 13.1 Å². The van der Waals surface area contributed by atoms with E-state index in [9.17, 15) is 5.11 Å². The Morgan fingerprint density at radius 3 is 2.94 bits per heavy atom. The average molecular weight is 249 g/mol. The first-order valence-corrected chi connectivity index (χ1v) is 6.81. The van der Waals surface area contributed by atoms with Gasteiger partial charge >= 0.3 is 0 Å². The summed E-state index contributed by atoms with van der Waals surface area (Å²) in [5, 5.41) is 13.7. The van der Waals surface area contributed by atoms with E-state index in [0.29, 0.717) is 12.5 Å². The van der Waals surface area contributed by atoms with Gasteiger partial charge < -0.3 is 14.8 Å². The van der Waals surface area contributed by atoms with Crippen molar-refractivity contribution in [1.29, 1.82) is 0 Å². The quantitative estimate of drug-likeness (QED) is 0.762. The Morgan fingerprint density at radius 1 is 1.50 bits per heavy atom. The highest BCUT2D eigenvalue weighted by Gasteiger charge is 2.33. The molecule has 0 aromatic carbocycles. The van der Waals surface area contributed by atoms with Gasteiger partial charge in [0.05, 0.1) is 11.9 Å². The molecule has 0 amide bonds. The van der Waals surface area contributed by atoms with Crippen LogP contribution in [0, 0.1) is 5.92 Å². The zero-order chi connectivity index (χ0) is 12.8. The number of rotatable bonds is 6. The minimum atomic E-state index is -0.574. The SMILES string of the molecule is CC(O)(CNC/C=C/c1ccco1)C1CCCC1. The first kappa shape index (κ1) is 13.4. The second-order valence-corrected chi connectivity index (χ2v) is 5.39. The van der Waals surface area contributed by atoms with Crippen LogP contribution in [-0.2, 0) is 0 Å². The lowest BCUT2D eigenvalue weighted by molar-refractivity contribution is 0.00325. The molecule has 1 fully saturated rings. The van der Waals surface area contributed by atoms with Gasteiger partial charge in [0.1, 0.15) is 5.76 Å². The van der Waals surface area contributed by atoms with E-state index < -0.39 is 5.60 Å². The van der Waals surface area contributed by atoms with E-state index in [-0.39, 0.29) is 0 Å². The van der Waals surface area contributed by atoms with Crippen molar-refractivity contribution < 1.29 is 9.52 Å². The van der Waals surface area contributed by atoms with E-state index in [0.717, 1.165) is 25.1 Å². The third kappa shape index (κ3) is 3.72. The fourth-order valence-electron chi connectivity index (χ4n) is 2.66. The molecule has 1 saturated carbocycles. The number of aliphatic hydroxyl groups is 1. The van der Waals surface area contributed by atoms with E-state index in [1.165, 1.54) is 12.8 Å². The minimum Gasteiger partial charge on any atom is -0.465 e. The normalized spacial score (nSPS) is 20.6. The van der Waals surface area contributed by atoms with Crippen LogP contribution in [0.15, 0.2) is 28.9 Å². The van der Waals surface area contributed by atoms with Crippen LogP contribution in [-0.4, -0.2) is 23.8 Å². The molecule has 18 heavy (non-hydrogen) atoms. The third-order valence-corrected chi connectivity index (χ3v) is 3.81. The molecule has 0 saturated heterocycles. The summed E-state index contributed by atoms with van der Waals surface area (Å²) in [6.45, 7) is 3.36. The molecule has 2 rings (SSSR count). The van der Waals surface area contributed by atoms with Crippen LogP contribution in [0.3, 0.4) is 0 Å². The first-order chi connectivity index (χ1) is 8.68. The zero-order valence-corrected chi connectivity index (χ0v) is 11.1. The molecule has 1 aromatic rings. The second-order valence-electron chi connectivity index (χ2n) is 5.39. The van der Waals surface area contributed by atoms with Crippen molar-refractivity contribution in [3.05, 3.63) is 30.2 Å². The Kier molecular flexibility index (Phi) is 4.61. The van der Waals surface area contributed by atoms with Gasteiger partial charge in [-0.2, -0.15) is 0 Å². The summed E-state index contributed by atoms with van der Waals surface area (Å²) in [6, 6.07) is 3.79. The van der Waals surface area contributed by atoms with Gasteiger partial charge in [0.25, 0.3) is 0 Å². The summed E-state index contributed by atoms with van der Waals surface area (Å²) in [4.78, 5) is 0.